The van der Waals surface area contributed by atoms with Gasteiger partial charge in [-0.2, -0.15) is 15.4 Å². The fourth-order valence-electron chi connectivity index (χ4n) is 2.63. The molecule has 21 heavy (non-hydrogen) atoms. The molecule has 0 bridgehead atoms. The van der Waals surface area contributed by atoms with Gasteiger partial charge >= 0.3 is 0 Å². The SMILES string of the molecule is COCc1nnc2n1[C@@H](C)CN(C(=O)c1n[nH]nc1C)C2. The van der Waals surface area contributed by atoms with E-state index in [0.29, 0.717) is 31.1 Å². The van der Waals surface area contributed by atoms with Crippen LogP contribution in [0.25, 0.3) is 0 Å². The Morgan fingerprint density at radius 1 is 1.43 bits per heavy atom. The van der Waals surface area contributed by atoms with Crippen molar-refractivity contribution in [3.05, 3.63) is 23.0 Å². The van der Waals surface area contributed by atoms with Crippen LogP contribution in [0, 0.1) is 6.92 Å². The minimum atomic E-state index is -0.143. The lowest BCUT2D eigenvalue weighted by atomic mass is 10.2. The number of hydrogen-bond donors (Lipinski definition) is 1. The summed E-state index contributed by atoms with van der Waals surface area (Å²) in [6, 6.07) is 0.0880. The zero-order valence-corrected chi connectivity index (χ0v) is 12.2. The van der Waals surface area contributed by atoms with Crippen LogP contribution in [0.1, 0.15) is 40.8 Å². The van der Waals surface area contributed by atoms with E-state index in [1.165, 1.54) is 0 Å². The van der Waals surface area contributed by atoms with Crippen molar-refractivity contribution in [2.75, 3.05) is 13.7 Å². The summed E-state index contributed by atoms with van der Waals surface area (Å²) >= 11 is 0. The molecule has 0 saturated heterocycles. The summed E-state index contributed by atoms with van der Waals surface area (Å²) in [5.41, 5.74) is 0.951. The molecule has 112 valence electrons. The van der Waals surface area contributed by atoms with Gasteiger partial charge in [0.1, 0.15) is 6.61 Å². The molecule has 0 fully saturated rings. The van der Waals surface area contributed by atoms with Crippen LogP contribution in [0.4, 0.5) is 0 Å². The summed E-state index contributed by atoms with van der Waals surface area (Å²) in [6.07, 6.45) is 0. The summed E-state index contributed by atoms with van der Waals surface area (Å²) < 4.78 is 7.15. The quantitative estimate of drug-likeness (QED) is 0.858. The van der Waals surface area contributed by atoms with Gasteiger partial charge in [0.05, 0.1) is 18.3 Å². The van der Waals surface area contributed by atoms with E-state index in [-0.39, 0.29) is 11.9 Å². The molecule has 3 heterocycles. The lowest BCUT2D eigenvalue weighted by Crippen LogP contribution is -2.41. The molecule has 1 N–H and O–H groups in total. The fraction of sp³-hybridized carbons (Fsp3) is 0.583. The zero-order chi connectivity index (χ0) is 15.0. The maximum atomic E-state index is 12.5. The number of nitrogens with one attached hydrogen (secondary N) is 1. The van der Waals surface area contributed by atoms with Crippen LogP contribution in [0.2, 0.25) is 0 Å². The van der Waals surface area contributed by atoms with Crippen molar-refractivity contribution in [3.63, 3.8) is 0 Å². The molecule has 0 radical (unpaired) electrons. The average Bonchev–Trinajstić information content (AvgIpc) is 3.05. The highest BCUT2D eigenvalue weighted by Crippen LogP contribution is 2.23. The number of amides is 1. The Morgan fingerprint density at radius 3 is 2.90 bits per heavy atom. The summed E-state index contributed by atoms with van der Waals surface area (Å²) in [7, 11) is 1.62. The van der Waals surface area contributed by atoms with E-state index in [2.05, 4.69) is 25.6 Å². The second-order valence-electron chi connectivity index (χ2n) is 5.13. The van der Waals surface area contributed by atoms with Gasteiger partial charge < -0.3 is 14.2 Å². The molecule has 9 nitrogen and oxygen atoms in total. The summed E-state index contributed by atoms with van der Waals surface area (Å²) in [5, 5.41) is 18.6. The van der Waals surface area contributed by atoms with Crippen LogP contribution in [-0.2, 0) is 17.9 Å². The van der Waals surface area contributed by atoms with Crippen molar-refractivity contribution < 1.29 is 9.53 Å². The number of carbonyl (C=O) groups excluding carboxylic acids is 1. The minimum absolute atomic E-state index is 0.0880. The fourth-order valence-corrected chi connectivity index (χ4v) is 2.63. The molecule has 0 aliphatic carbocycles. The number of aryl methyl sites for hydroxylation is 1. The molecular weight excluding hydrogens is 274 g/mol. The van der Waals surface area contributed by atoms with E-state index in [0.717, 1.165) is 11.6 Å². The van der Waals surface area contributed by atoms with Gasteiger partial charge in [0.15, 0.2) is 17.3 Å². The van der Waals surface area contributed by atoms with Gasteiger partial charge in [0, 0.05) is 13.7 Å². The zero-order valence-electron chi connectivity index (χ0n) is 12.2. The second kappa shape index (κ2) is 5.24. The first-order chi connectivity index (χ1) is 10.1. The Kier molecular flexibility index (Phi) is 3.42. The van der Waals surface area contributed by atoms with Crippen LogP contribution in [0.15, 0.2) is 0 Å². The molecule has 0 aromatic carbocycles. The van der Waals surface area contributed by atoms with Crippen LogP contribution < -0.4 is 0 Å². The monoisotopic (exact) mass is 291 g/mol. The number of carbonyl (C=O) groups is 1. The largest absolute Gasteiger partial charge is 0.377 e. The standard InChI is InChI=1S/C12H17N7O2/c1-7-4-18(12(20)11-8(2)13-17-16-11)5-9-14-15-10(6-21-3)19(7)9/h7H,4-6H2,1-3H3,(H,13,16,17)/t7-/m0/s1. The Morgan fingerprint density at radius 2 is 2.24 bits per heavy atom. The molecule has 1 aliphatic rings. The Hall–Kier alpha value is -2.29. The summed E-state index contributed by atoms with van der Waals surface area (Å²) in [6.45, 7) is 5.18. The number of nitrogens with zero attached hydrogens (tertiary/aromatic N) is 6. The molecule has 0 spiro atoms. The predicted molar refractivity (Wildman–Crippen MR) is 71.3 cm³/mol. The third kappa shape index (κ3) is 2.29. The highest BCUT2D eigenvalue weighted by atomic mass is 16.5. The van der Waals surface area contributed by atoms with Gasteiger partial charge in [-0.1, -0.05) is 0 Å². The van der Waals surface area contributed by atoms with Crippen molar-refractivity contribution in [1.29, 1.82) is 0 Å². The number of ether oxygens (including phenoxy) is 1. The predicted octanol–water partition coefficient (Wildman–Crippen LogP) is 0.0680. The maximum Gasteiger partial charge on any atom is 0.276 e. The van der Waals surface area contributed by atoms with E-state index >= 15 is 0 Å². The Balaban J connectivity index is 1.86. The van der Waals surface area contributed by atoms with E-state index < -0.39 is 0 Å². The van der Waals surface area contributed by atoms with Crippen molar-refractivity contribution >= 4 is 5.91 Å². The number of aromatic amines is 1. The van der Waals surface area contributed by atoms with Crippen molar-refractivity contribution in [2.45, 2.75) is 33.0 Å². The first-order valence-corrected chi connectivity index (χ1v) is 6.70. The molecule has 1 amide bonds. The van der Waals surface area contributed by atoms with Gasteiger partial charge in [-0.3, -0.25) is 4.79 Å². The van der Waals surface area contributed by atoms with Crippen LogP contribution in [0.5, 0.6) is 0 Å². The van der Waals surface area contributed by atoms with E-state index in [1.54, 1.807) is 18.9 Å². The normalized spacial score (nSPS) is 17.9. The number of fused-ring (bicyclic) bond motifs is 1. The molecule has 3 rings (SSSR count). The number of rotatable bonds is 3. The maximum absolute atomic E-state index is 12.5. The lowest BCUT2D eigenvalue weighted by Gasteiger charge is -2.32. The van der Waals surface area contributed by atoms with E-state index in [9.17, 15) is 4.79 Å². The Labute approximate surface area is 121 Å². The van der Waals surface area contributed by atoms with Crippen LogP contribution in [-0.4, -0.2) is 54.6 Å². The number of hydrogen-bond acceptors (Lipinski definition) is 6. The van der Waals surface area contributed by atoms with Gasteiger partial charge in [-0.15, -0.1) is 10.2 Å². The molecule has 0 unspecified atom stereocenters. The third-order valence-corrected chi connectivity index (χ3v) is 3.58. The summed E-state index contributed by atoms with van der Waals surface area (Å²) in [4.78, 5) is 14.2. The molecule has 0 saturated carbocycles. The van der Waals surface area contributed by atoms with Gasteiger partial charge in [0.2, 0.25) is 0 Å². The van der Waals surface area contributed by atoms with Gasteiger partial charge in [-0.25, -0.2) is 0 Å². The molecule has 9 heteroatoms. The van der Waals surface area contributed by atoms with Gasteiger partial charge in [0.25, 0.3) is 5.91 Å². The molecule has 1 aliphatic heterocycles. The van der Waals surface area contributed by atoms with Crippen molar-refractivity contribution in [2.24, 2.45) is 0 Å². The molecule has 1 atom stereocenters. The minimum Gasteiger partial charge on any atom is -0.377 e. The number of methoxy groups -OCH3 is 1. The van der Waals surface area contributed by atoms with Crippen molar-refractivity contribution in [3.8, 4) is 0 Å². The lowest BCUT2D eigenvalue weighted by molar-refractivity contribution is 0.0668. The number of aromatic nitrogens is 6. The van der Waals surface area contributed by atoms with Gasteiger partial charge in [-0.05, 0) is 13.8 Å². The van der Waals surface area contributed by atoms with E-state index in [4.69, 9.17) is 4.74 Å². The highest BCUT2D eigenvalue weighted by Gasteiger charge is 2.31. The molecule has 2 aromatic heterocycles. The number of H-pyrrole nitrogens is 1. The molecular formula is C12H17N7O2. The van der Waals surface area contributed by atoms with Crippen molar-refractivity contribution in [1.82, 2.24) is 35.1 Å². The highest BCUT2D eigenvalue weighted by molar-refractivity contribution is 5.93. The first kappa shape index (κ1) is 13.7. The second-order valence-corrected chi connectivity index (χ2v) is 5.13. The van der Waals surface area contributed by atoms with E-state index in [1.807, 2.05) is 11.5 Å². The molecule has 2 aromatic rings. The smallest absolute Gasteiger partial charge is 0.276 e. The first-order valence-electron chi connectivity index (χ1n) is 6.70. The topological polar surface area (TPSA) is 102 Å². The summed E-state index contributed by atoms with van der Waals surface area (Å²) in [5.74, 6) is 1.40. The average molecular weight is 291 g/mol. The van der Waals surface area contributed by atoms with Crippen LogP contribution in [0.3, 0.4) is 0 Å². The van der Waals surface area contributed by atoms with Crippen LogP contribution >= 0.6 is 0 Å². The third-order valence-electron chi connectivity index (χ3n) is 3.58. The Bertz CT molecular complexity index is 662.